The van der Waals surface area contributed by atoms with Crippen molar-refractivity contribution in [1.29, 1.82) is 0 Å². The fraction of sp³-hybridized carbons (Fsp3) is 0.938. The molecule has 4 rings (SSSR count). The summed E-state index contributed by atoms with van der Waals surface area (Å²) in [4.78, 5) is 11.9. The maximum atomic E-state index is 11.9. The van der Waals surface area contributed by atoms with Crippen molar-refractivity contribution >= 4 is 5.97 Å². The predicted octanol–water partition coefficient (Wildman–Crippen LogP) is 1.000. The summed E-state index contributed by atoms with van der Waals surface area (Å²) in [6, 6.07) is 0. The lowest BCUT2D eigenvalue weighted by molar-refractivity contribution is -0.164. The number of carbonyl (C=O) groups is 1. The summed E-state index contributed by atoms with van der Waals surface area (Å²) in [6.45, 7) is 0.449. The van der Waals surface area contributed by atoms with E-state index in [1.165, 1.54) is 0 Å². The van der Waals surface area contributed by atoms with E-state index in [1.807, 2.05) is 0 Å². The zero-order valence-corrected chi connectivity index (χ0v) is 12.7. The van der Waals surface area contributed by atoms with Crippen molar-refractivity contribution in [2.75, 3.05) is 13.2 Å². The van der Waals surface area contributed by atoms with Crippen LogP contribution in [0.4, 0.5) is 0 Å². The molecule has 0 amide bonds. The van der Waals surface area contributed by atoms with Gasteiger partial charge in [0.05, 0.1) is 36.9 Å². The first-order chi connectivity index (χ1) is 10.7. The molecule has 22 heavy (non-hydrogen) atoms. The van der Waals surface area contributed by atoms with Crippen molar-refractivity contribution in [2.45, 2.75) is 69.2 Å². The van der Waals surface area contributed by atoms with Crippen molar-refractivity contribution in [2.24, 2.45) is 11.8 Å². The van der Waals surface area contributed by atoms with E-state index < -0.39 is 6.29 Å². The molecule has 7 atom stereocenters. The first kappa shape index (κ1) is 14.9. The van der Waals surface area contributed by atoms with Gasteiger partial charge in [-0.3, -0.25) is 4.79 Å². The van der Waals surface area contributed by atoms with E-state index in [9.17, 15) is 9.90 Å². The third-order valence-corrected chi connectivity index (χ3v) is 5.40. The average molecular weight is 312 g/mol. The highest BCUT2D eigenvalue weighted by atomic mass is 16.6. The van der Waals surface area contributed by atoms with Crippen LogP contribution in [-0.4, -0.2) is 55.0 Å². The van der Waals surface area contributed by atoms with Gasteiger partial charge in [0.1, 0.15) is 6.61 Å². The van der Waals surface area contributed by atoms with Crippen LogP contribution >= 0.6 is 0 Å². The Balaban J connectivity index is 1.11. The van der Waals surface area contributed by atoms with Gasteiger partial charge in [-0.25, -0.2) is 0 Å². The normalized spacial score (nSPS) is 43.7. The molecule has 0 bridgehead atoms. The lowest BCUT2D eigenvalue weighted by Crippen LogP contribution is -2.30. The molecular weight excluding hydrogens is 288 g/mol. The number of fused-ring (bicyclic) bond motifs is 2. The quantitative estimate of drug-likeness (QED) is 0.341. The van der Waals surface area contributed by atoms with Gasteiger partial charge < -0.3 is 24.1 Å². The molecule has 7 unspecified atom stereocenters. The van der Waals surface area contributed by atoms with Crippen molar-refractivity contribution in [3.63, 3.8) is 0 Å². The van der Waals surface area contributed by atoms with Crippen molar-refractivity contribution in [1.82, 2.24) is 0 Å². The highest BCUT2D eigenvalue weighted by molar-refractivity contribution is 5.72. The minimum absolute atomic E-state index is 0.0315. The molecular formula is C16H24O6. The van der Waals surface area contributed by atoms with Crippen molar-refractivity contribution in [3.05, 3.63) is 0 Å². The van der Waals surface area contributed by atoms with Gasteiger partial charge >= 0.3 is 5.97 Å². The van der Waals surface area contributed by atoms with Gasteiger partial charge in [-0.05, 0) is 38.5 Å². The second kappa shape index (κ2) is 6.07. The third-order valence-electron chi connectivity index (χ3n) is 5.40. The summed E-state index contributed by atoms with van der Waals surface area (Å²) in [5.74, 6) is -0.0448. The fourth-order valence-electron chi connectivity index (χ4n) is 3.88. The Kier molecular flexibility index (Phi) is 4.11. The molecule has 0 aromatic carbocycles. The van der Waals surface area contributed by atoms with E-state index in [1.54, 1.807) is 0 Å². The molecule has 2 heterocycles. The van der Waals surface area contributed by atoms with Gasteiger partial charge in [0.25, 0.3) is 0 Å². The Hall–Kier alpha value is -0.690. The number of ether oxygens (including phenoxy) is 4. The number of epoxide rings is 2. The molecule has 2 aliphatic carbocycles. The first-order valence-corrected chi connectivity index (χ1v) is 8.48. The molecule has 4 aliphatic rings. The molecule has 1 N–H and O–H groups in total. The largest absolute Gasteiger partial charge is 0.463 e. The Morgan fingerprint density at radius 1 is 1.00 bits per heavy atom. The van der Waals surface area contributed by atoms with Gasteiger partial charge in [0, 0.05) is 5.92 Å². The van der Waals surface area contributed by atoms with Gasteiger partial charge in [-0.1, -0.05) is 0 Å². The fourth-order valence-corrected chi connectivity index (χ4v) is 3.88. The minimum Gasteiger partial charge on any atom is -0.463 e. The highest BCUT2D eigenvalue weighted by Gasteiger charge is 2.46. The summed E-state index contributed by atoms with van der Waals surface area (Å²) in [5, 5.41) is 10.0. The molecule has 4 fully saturated rings. The van der Waals surface area contributed by atoms with E-state index in [0.29, 0.717) is 18.3 Å². The number of aliphatic hydroxyl groups excluding tert-OH is 1. The van der Waals surface area contributed by atoms with Crippen LogP contribution in [0.5, 0.6) is 0 Å². The first-order valence-electron chi connectivity index (χ1n) is 8.48. The molecule has 0 aromatic heterocycles. The molecule has 2 saturated carbocycles. The number of aliphatic hydroxyl groups is 1. The monoisotopic (exact) mass is 312 g/mol. The predicted molar refractivity (Wildman–Crippen MR) is 74.9 cm³/mol. The number of carbonyl (C=O) groups excluding carboxylic acids is 1. The van der Waals surface area contributed by atoms with Crippen molar-refractivity contribution in [3.8, 4) is 0 Å². The Morgan fingerprint density at radius 2 is 1.73 bits per heavy atom. The summed E-state index contributed by atoms with van der Waals surface area (Å²) < 4.78 is 21.5. The van der Waals surface area contributed by atoms with E-state index in [-0.39, 0.29) is 37.1 Å². The Labute approximate surface area is 130 Å². The standard InChI is InChI=1S/C16H24O6/c17-15(9-1-3-11-13(7-9)21-11)19-5-6-20-16(18)10-2-4-12-14(8-10)22-12/h9-15,17H,1-8H2. The summed E-state index contributed by atoms with van der Waals surface area (Å²) in [5.41, 5.74) is 0. The van der Waals surface area contributed by atoms with Gasteiger partial charge in [-0.15, -0.1) is 0 Å². The SMILES string of the molecule is O=C(OCCOC(O)C1CCC2OC2C1)C1CCC2OC2C1. The summed E-state index contributed by atoms with van der Waals surface area (Å²) in [7, 11) is 0. The van der Waals surface area contributed by atoms with Crippen LogP contribution < -0.4 is 0 Å². The molecule has 6 heteroatoms. The van der Waals surface area contributed by atoms with E-state index in [2.05, 4.69) is 0 Å². The topological polar surface area (TPSA) is 80.8 Å². The van der Waals surface area contributed by atoms with E-state index in [4.69, 9.17) is 18.9 Å². The number of rotatable bonds is 6. The minimum atomic E-state index is -0.779. The molecule has 6 nitrogen and oxygen atoms in total. The zero-order chi connectivity index (χ0) is 15.1. The lowest BCUT2D eigenvalue weighted by Gasteiger charge is -2.24. The Morgan fingerprint density at radius 3 is 2.45 bits per heavy atom. The summed E-state index contributed by atoms with van der Waals surface area (Å²) >= 11 is 0. The summed E-state index contributed by atoms with van der Waals surface area (Å²) in [6.07, 6.45) is 6.08. The van der Waals surface area contributed by atoms with Crippen LogP contribution in [0.25, 0.3) is 0 Å². The lowest BCUT2D eigenvalue weighted by atomic mass is 9.89. The maximum Gasteiger partial charge on any atom is 0.309 e. The number of hydrogen-bond donors (Lipinski definition) is 1. The average Bonchev–Trinajstić information content (AvgIpc) is 3.43. The molecule has 0 aromatic rings. The van der Waals surface area contributed by atoms with Crippen LogP contribution in [0, 0.1) is 11.8 Å². The second-order valence-corrected chi connectivity index (χ2v) is 6.94. The number of esters is 1. The molecule has 2 saturated heterocycles. The Bertz CT molecular complexity index is 427. The van der Waals surface area contributed by atoms with E-state index in [0.717, 1.165) is 38.5 Å². The van der Waals surface area contributed by atoms with Crippen LogP contribution in [0.1, 0.15) is 38.5 Å². The molecule has 0 spiro atoms. The van der Waals surface area contributed by atoms with Crippen LogP contribution in [0.3, 0.4) is 0 Å². The molecule has 2 aliphatic heterocycles. The highest BCUT2D eigenvalue weighted by Crippen LogP contribution is 2.41. The van der Waals surface area contributed by atoms with Gasteiger partial charge in [-0.2, -0.15) is 0 Å². The van der Waals surface area contributed by atoms with Crippen LogP contribution in [0.2, 0.25) is 0 Å². The molecule has 124 valence electrons. The smallest absolute Gasteiger partial charge is 0.309 e. The van der Waals surface area contributed by atoms with Crippen LogP contribution in [-0.2, 0) is 23.7 Å². The second-order valence-electron chi connectivity index (χ2n) is 6.94. The number of hydrogen-bond acceptors (Lipinski definition) is 6. The van der Waals surface area contributed by atoms with Crippen LogP contribution in [0.15, 0.2) is 0 Å². The zero-order valence-electron chi connectivity index (χ0n) is 12.7. The van der Waals surface area contributed by atoms with E-state index >= 15 is 0 Å². The third kappa shape index (κ3) is 3.30. The van der Waals surface area contributed by atoms with Gasteiger partial charge in [0.2, 0.25) is 0 Å². The van der Waals surface area contributed by atoms with Gasteiger partial charge in [0.15, 0.2) is 6.29 Å². The maximum absolute atomic E-state index is 11.9. The molecule has 0 radical (unpaired) electrons. The van der Waals surface area contributed by atoms with Crippen molar-refractivity contribution < 1.29 is 28.8 Å².